The first-order valence-corrected chi connectivity index (χ1v) is 12.4. The molecule has 178 valence electrons. The molecular formula is C25H23N5O4S. The standard InChI is InChI=1S/C25H23N5O4S/c1-2-3-8-15-35-25-27-24-22(28-29-25)16-9-4-6-11-18(16)26-23(34-24)21-14-13-20(33-21)17-10-5-7-12-19(17)30(31)32/h4-7,9-14,23,26H,2-3,8,15H2,1H3/t23-/m0/s1. The van der Waals surface area contributed by atoms with Crippen LogP contribution in [-0.2, 0) is 0 Å². The highest BCUT2D eigenvalue weighted by Crippen LogP contribution is 2.41. The number of anilines is 1. The topological polar surface area (TPSA) is 116 Å². The lowest BCUT2D eigenvalue weighted by Gasteiger charge is -2.16. The van der Waals surface area contributed by atoms with Crippen LogP contribution in [0, 0.1) is 10.1 Å². The minimum atomic E-state index is -0.719. The highest BCUT2D eigenvalue weighted by atomic mass is 32.2. The molecule has 0 unspecified atom stereocenters. The monoisotopic (exact) mass is 489 g/mol. The Balaban J connectivity index is 1.48. The van der Waals surface area contributed by atoms with Gasteiger partial charge in [0.2, 0.25) is 17.3 Å². The quantitative estimate of drug-likeness (QED) is 0.128. The van der Waals surface area contributed by atoms with Gasteiger partial charge in [-0.3, -0.25) is 10.1 Å². The Bertz CT molecular complexity index is 1360. The molecule has 1 aliphatic heterocycles. The molecule has 1 N–H and O–H groups in total. The summed E-state index contributed by atoms with van der Waals surface area (Å²) in [7, 11) is 0. The number of benzene rings is 2. The van der Waals surface area contributed by atoms with Crippen molar-refractivity contribution in [3.05, 3.63) is 76.5 Å². The largest absolute Gasteiger partial charge is 0.455 e. The smallest absolute Gasteiger partial charge is 0.280 e. The van der Waals surface area contributed by atoms with Gasteiger partial charge in [0.05, 0.1) is 10.5 Å². The van der Waals surface area contributed by atoms with E-state index in [1.807, 2.05) is 24.3 Å². The van der Waals surface area contributed by atoms with Crippen LogP contribution in [0.25, 0.3) is 22.6 Å². The molecule has 1 atom stereocenters. The summed E-state index contributed by atoms with van der Waals surface area (Å²) in [5, 5.41) is 24.1. The summed E-state index contributed by atoms with van der Waals surface area (Å²) in [6.07, 6.45) is 2.66. The number of hydrogen-bond donors (Lipinski definition) is 1. The highest BCUT2D eigenvalue weighted by molar-refractivity contribution is 7.99. The molecule has 0 radical (unpaired) electrons. The Morgan fingerprint density at radius 1 is 1.03 bits per heavy atom. The molecule has 0 fully saturated rings. The van der Waals surface area contributed by atoms with Crippen molar-refractivity contribution in [3.63, 3.8) is 0 Å². The number of thioether (sulfide) groups is 1. The molecule has 1 aliphatic rings. The van der Waals surface area contributed by atoms with Gasteiger partial charge in [0.15, 0.2) is 11.5 Å². The van der Waals surface area contributed by atoms with Gasteiger partial charge in [-0.2, -0.15) is 4.98 Å². The molecule has 0 saturated heterocycles. The number of nitrogens with zero attached hydrogens (tertiary/aromatic N) is 4. The number of hydrogen-bond acceptors (Lipinski definition) is 9. The summed E-state index contributed by atoms with van der Waals surface area (Å²) < 4.78 is 12.3. The fourth-order valence-electron chi connectivity index (χ4n) is 3.83. The Kier molecular flexibility index (Phi) is 6.62. The van der Waals surface area contributed by atoms with Crippen molar-refractivity contribution in [1.29, 1.82) is 0 Å². The molecule has 0 bridgehead atoms. The number of unbranched alkanes of at least 4 members (excludes halogenated alkanes) is 2. The van der Waals surface area contributed by atoms with E-state index in [2.05, 4.69) is 27.4 Å². The van der Waals surface area contributed by atoms with E-state index in [-0.39, 0.29) is 5.69 Å². The van der Waals surface area contributed by atoms with Crippen molar-refractivity contribution < 1.29 is 14.1 Å². The Labute approximate surface area is 206 Å². The SMILES string of the molecule is CCCCCSc1nnc2c(n1)O[C@@H](c1ccc(-c3ccccc3[N+](=O)[O-])o1)Nc1ccccc1-2. The lowest BCUT2D eigenvalue weighted by molar-refractivity contribution is -0.384. The van der Waals surface area contributed by atoms with Crippen LogP contribution >= 0.6 is 11.8 Å². The molecule has 0 saturated carbocycles. The number of ether oxygens (including phenoxy) is 1. The second-order valence-electron chi connectivity index (χ2n) is 7.97. The summed E-state index contributed by atoms with van der Waals surface area (Å²) in [4.78, 5) is 15.7. The van der Waals surface area contributed by atoms with Crippen molar-refractivity contribution >= 4 is 23.1 Å². The van der Waals surface area contributed by atoms with E-state index in [4.69, 9.17) is 9.15 Å². The molecule has 9 nitrogen and oxygen atoms in total. The number of nitro benzene ring substituents is 1. The highest BCUT2D eigenvalue weighted by Gasteiger charge is 2.28. The second-order valence-corrected chi connectivity index (χ2v) is 9.03. The normalized spacial score (nSPS) is 14.3. The van der Waals surface area contributed by atoms with Gasteiger partial charge in [-0.05, 0) is 30.7 Å². The third-order valence-corrected chi connectivity index (χ3v) is 6.49. The van der Waals surface area contributed by atoms with E-state index in [1.165, 1.54) is 6.07 Å². The molecule has 10 heteroatoms. The summed E-state index contributed by atoms with van der Waals surface area (Å²) in [6, 6.07) is 17.6. The van der Waals surface area contributed by atoms with Gasteiger partial charge in [0.1, 0.15) is 5.76 Å². The van der Waals surface area contributed by atoms with Gasteiger partial charge in [-0.25, -0.2) is 0 Å². The number of nitro groups is 1. The van der Waals surface area contributed by atoms with Crippen molar-refractivity contribution in [2.45, 2.75) is 37.6 Å². The first-order valence-electron chi connectivity index (χ1n) is 11.4. The molecule has 0 aliphatic carbocycles. The van der Waals surface area contributed by atoms with Gasteiger partial charge < -0.3 is 14.5 Å². The third-order valence-electron chi connectivity index (χ3n) is 5.56. The average Bonchev–Trinajstić information content (AvgIpc) is 3.31. The lowest BCUT2D eigenvalue weighted by atomic mass is 10.1. The minimum Gasteiger partial charge on any atom is -0.455 e. The van der Waals surface area contributed by atoms with Crippen LogP contribution in [0.5, 0.6) is 5.88 Å². The van der Waals surface area contributed by atoms with Crippen LogP contribution in [0.1, 0.15) is 38.2 Å². The predicted molar refractivity (Wildman–Crippen MR) is 133 cm³/mol. The van der Waals surface area contributed by atoms with Gasteiger partial charge in [-0.1, -0.05) is 61.9 Å². The van der Waals surface area contributed by atoms with Crippen molar-refractivity contribution in [2.75, 3.05) is 11.1 Å². The Hall–Kier alpha value is -3.92. The maximum absolute atomic E-state index is 11.5. The zero-order valence-corrected chi connectivity index (χ0v) is 19.8. The molecule has 0 amide bonds. The number of para-hydroxylation sites is 2. The summed E-state index contributed by atoms with van der Waals surface area (Å²) in [5.41, 5.74) is 2.52. The van der Waals surface area contributed by atoms with E-state index in [0.717, 1.165) is 36.3 Å². The number of furan rings is 1. The van der Waals surface area contributed by atoms with E-state index in [1.54, 1.807) is 42.1 Å². The molecule has 2 aromatic heterocycles. The first-order chi connectivity index (χ1) is 17.1. The van der Waals surface area contributed by atoms with Gasteiger partial charge in [0, 0.05) is 23.1 Å². The van der Waals surface area contributed by atoms with Crippen molar-refractivity contribution in [2.24, 2.45) is 0 Å². The summed E-state index contributed by atoms with van der Waals surface area (Å²) in [5.74, 6) is 2.09. The molecule has 2 aromatic carbocycles. The number of aromatic nitrogens is 3. The second kappa shape index (κ2) is 10.1. The van der Waals surface area contributed by atoms with Crippen molar-refractivity contribution in [3.8, 4) is 28.5 Å². The zero-order valence-electron chi connectivity index (χ0n) is 19.0. The van der Waals surface area contributed by atoms with Crippen LogP contribution in [0.4, 0.5) is 11.4 Å². The van der Waals surface area contributed by atoms with Gasteiger partial charge >= 0.3 is 0 Å². The van der Waals surface area contributed by atoms with Crippen LogP contribution in [0.2, 0.25) is 0 Å². The fraction of sp³-hybridized carbons (Fsp3) is 0.240. The van der Waals surface area contributed by atoms with Gasteiger partial charge in [-0.15, -0.1) is 10.2 Å². The van der Waals surface area contributed by atoms with Gasteiger partial charge in [0.25, 0.3) is 5.69 Å². The van der Waals surface area contributed by atoms with E-state index < -0.39 is 11.2 Å². The predicted octanol–water partition coefficient (Wildman–Crippen LogP) is 6.49. The first kappa shape index (κ1) is 22.9. The zero-order chi connectivity index (χ0) is 24.2. The molecule has 5 rings (SSSR count). The van der Waals surface area contributed by atoms with Crippen LogP contribution < -0.4 is 10.1 Å². The molecule has 0 spiro atoms. The van der Waals surface area contributed by atoms with Crippen molar-refractivity contribution in [1.82, 2.24) is 15.2 Å². The maximum atomic E-state index is 11.5. The lowest BCUT2D eigenvalue weighted by Crippen LogP contribution is -2.16. The summed E-state index contributed by atoms with van der Waals surface area (Å²) >= 11 is 1.55. The Morgan fingerprint density at radius 2 is 1.83 bits per heavy atom. The summed E-state index contributed by atoms with van der Waals surface area (Å²) in [6.45, 7) is 2.17. The van der Waals surface area contributed by atoms with Crippen LogP contribution in [0.3, 0.4) is 0 Å². The van der Waals surface area contributed by atoms with Crippen LogP contribution in [0.15, 0.2) is 70.2 Å². The maximum Gasteiger partial charge on any atom is 0.280 e. The molecule has 4 aromatic rings. The number of fused-ring (bicyclic) bond motifs is 3. The Morgan fingerprint density at radius 3 is 2.66 bits per heavy atom. The molecule has 35 heavy (non-hydrogen) atoms. The minimum absolute atomic E-state index is 0.0273. The third kappa shape index (κ3) is 4.83. The number of nitrogens with one attached hydrogen (secondary N) is 1. The van der Waals surface area contributed by atoms with E-state index >= 15 is 0 Å². The molecular weight excluding hydrogens is 466 g/mol. The average molecular weight is 490 g/mol. The number of rotatable bonds is 8. The van der Waals surface area contributed by atoms with Crippen LogP contribution in [-0.4, -0.2) is 25.9 Å². The molecule has 3 heterocycles. The fourth-order valence-corrected chi connectivity index (χ4v) is 4.61. The van der Waals surface area contributed by atoms with E-state index in [0.29, 0.717) is 33.8 Å². The van der Waals surface area contributed by atoms with E-state index in [9.17, 15) is 10.1 Å².